The van der Waals surface area contributed by atoms with Gasteiger partial charge in [-0.2, -0.15) is 0 Å². The minimum atomic E-state index is -0.497. The summed E-state index contributed by atoms with van der Waals surface area (Å²) in [5.41, 5.74) is 1.19. The van der Waals surface area contributed by atoms with E-state index in [2.05, 4.69) is 39.1 Å². The normalized spacial score (nSPS) is 17.3. The number of carbonyl (C=O) groups is 2. The largest absolute Gasteiger partial charge is 0.345 e. The number of aromatic nitrogens is 3. The quantitative estimate of drug-likeness (QED) is 0.830. The molecular weight excluding hydrogens is 354 g/mol. The summed E-state index contributed by atoms with van der Waals surface area (Å²) in [7, 11) is 0. The first-order valence-electron chi connectivity index (χ1n) is 9.87. The van der Waals surface area contributed by atoms with Gasteiger partial charge < -0.3 is 14.8 Å². The van der Waals surface area contributed by atoms with Crippen LogP contribution in [0, 0.1) is 5.92 Å². The molecule has 2 aromatic rings. The van der Waals surface area contributed by atoms with E-state index >= 15 is 0 Å². The number of hydrogen-bond acceptors (Lipinski definition) is 4. The van der Waals surface area contributed by atoms with Crippen LogP contribution in [0.15, 0.2) is 30.3 Å². The SMILES string of the molecule is CC(=O)N[C@@H](CC(C)C)C(=O)N1Cc2nnc(Cc3ccccc3)n2[C@@H](C)C1. The van der Waals surface area contributed by atoms with Gasteiger partial charge in [0, 0.05) is 19.9 Å². The van der Waals surface area contributed by atoms with Gasteiger partial charge in [0.05, 0.1) is 12.6 Å². The third-order valence-electron chi connectivity index (χ3n) is 4.99. The van der Waals surface area contributed by atoms with Gasteiger partial charge >= 0.3 is 0 Å². The van der Waals surface area contributed by atoms with Gasteiger partial charge in [-0.1, -0.05) is 44.2 Å². The summed E-state index contributed by atoms with van der Waals surface area (Å²) in [6, 6.07) is 9.77. The zero-order chi connectivity index (χ0) is 20.3. The molecule has 0 saturated carbocycles. The predicted molar refractivity (Wildman–Crippen MR) is 106 cm³/mol. The van der Waals surface area contributed by atoms with E-state index in [0.29, 0.717) is 31.8 Å². The van der Waals surface area contributed by atoms with Crippen LogP contribution in [0.1, 0.15) is 57.4 Å². The Morgan fingerprint density at radius 3 is 2.57 bits per heavy atom. The van der Waals surface area contributed by atoms with Gasteiger partial charge in [0.15, 0.2) is 5.82 Å². The van der Waals surface area contributed by atoms with Gasteiger partial charge in [-0.3, -0.25) is 9.59 Å². The molecule has 7 nitrogen and oxygen atoms in total. The van der Waals surface area contributed by atoms with Crippen molar-refractivity contribution in [2.24, 2.45) is 5.92 Å². The van der Waals surface area contributed by atoms with Crippen LogP contribution < -0.4 is 5.32 Å². The Kier molecular flexibility index (Phi) is 6.11. The number of hydrogen-bond donors (Lipinski definition) is 1. The van der Waals surface area contributed by atoms with E-state index in [-0.39, 0.29) is 17.9 Å². The van der Waals surface area contributed by atoms with Crippen molar-refractivity contribution < 1.29 is 9.59 Å². The van der Waals surface area contributed by atoms with E-state index in [1.165, 1.54) is 12.5 Å². The number of nitrogens with zero attached hydrogens (tertiary/aromatic N) is 4. The fraction of sp³-hybridized carbons (Fsp3) is 0.524. The Morgan fingerprint density at radius 2 is 1.93 bits per heavy atom. The van der Waals surface area contributed by atoms with Crippen LogP contribution in [0.2, 0.25) is 0 Å². The monoisotopic (exact) mass is 383 g/mol. The summed E-state index contributed by atoms with van der Waals surface area (Å²) in [5.74, 6) is 1.79. The van der Waals surface area contributed by atoms with E-state index in [9.17, 15) is 9.59 Å². The minimum Gasteiger partial charge on any atom is -0.345 e. The number of benzene rings is 1. The van der Waals surface area contributed by atoms with Crippen LogP contribution in [-0.4, -0.2) is 44.1 Å². The fourth-order valence-corrected chi connectivity index (χ4v) is 3.84. The average Bonchev–Trinajstić information content (AvgIpc) is 3.04. The zero-order valence-electron chi connectivity index (χ0n) is 17.1. The third-order valence-corrected chi connectivity index (χ3v) is 4.99. The van der Waals surface area contributed by atoms with E-state index in [4.69, 9.17) is 0 Å². The van der Waals surface area contributed by atoms with Crippen molar-refractivity contribution in [3.63, 3.8) is 0 Å². The van der Waals surface area contributed by atoms with Gasteiger partial charge in [-0.25, -0.2) is 0 Å². The molecule has 0 saturated heterocycles. The maximum atomic E-state index is 13.1. The fourth-order valence-electron chi connectivity index (χ4n) is 3.84. The molecule has 0 fully saturated rings. The highest BCUT2D eigenvalue weighted by Crippen LogP contribution is 2.24. The lowest BCUT2D eigenvalue weighted by molar-refractivity contribution is -0.138. The number of carbonyl (C=O) groups excluding carboxylic acids is 2. The molecule has 2 atom stereocenters. The molecule has 0 bridgehead atoms. The standard InChI is InChI=1S/C21H29N5O2/c1-14(2)10-18(22-16(4)27)21(28)25-12-15(3)26-19(23-24-20(26)13-25)11-17-8-6-5-7-9-17/h5-9,14-15,18H,10-13H2,1-4H3,(H,22,27)/t15-,18-/m0/s1. The van der Waals surface area contributed by atoms with E-state index < -0.39 is 6.04 Å². The Morgan fingerprint density at radius 1 is 1.21 bits per heavy atom. The maximum absolute atomic E-state index is 13.1. The molecule has 1 N–H and O–H groups in total. The lowest BCUT2D eigenvalue weighted by Gasteiger charge is -2.35. The summed E-state index contributed by atoms with van der Waals surface area (Å²) in [6.45, 7) is 8.63. The van der Waals surface area contributed by atoms with Crippen molar-refractivity contribution in [3.05, 3.63) is 47.5 Å². The molecule has 1 aliphatic heterocycles. The van der Waals surface area contributed by atoms with Crippen LogP contribution >= 0.6 is 0 Å². The number of rotatable bonds is 6. The number of amides is 2. The van der Waals surface area contributed by atoms with Crippen molar-refractivity contribution in [1.82, 2.24) is 25.0 Å². The highest BCUT2D eigenvalue weighted by molar-refractivity contribution is 5.87. The summed E-state index contributed by atoms with van der Waals surface area (Å²) >= 11 is 0. The average molecular weight is 383 g/mol. The molecule has 1 aliphatic rings. The van der Waals surface area contributed by atoms with Gasteiger partial charge in [0.2, 0.25) is 11.8 Å². The summed E-state index contributed by atoms with van der Waals surface area (Å²) in [6.07, 6.45) is 1.34. The van der Waals surface area contributed by atoms with Crippen molar-refractivity contribution >= 4 is 11.8 Å². The third kappa shape index (κ3) is 4.58. The lowest BCUT2D eigenvalue weighted by Crippen LogP contribution is -2.51. The summed E-state index contributed by atoms with van der Waals surface area (Å²) in [5, 5.41) is 11.5. The number of nitrogens with one attached hydrogen (secondary N) is 1. The van der Waals surface area contributed by atoms with Crippen molar-refractivity contribution in [2.45, 2.75) is 59.2 Å². The minimum absolute atomic E-state index is 0.0467. The van der Waals surface area contributed by atoms with E-state index in [1.54, 1.807) is 4.90 Å². The molecule has 150 valence electrons. The Labute approximate surface area is 166 Å². The molecular formula is C21H29N5O2. The Bertz CT molecular complexity index is 831. The highest BCUT2D eigenvalue weighted by atomic mass is 16.2. The molecule has 28 heavy (non-hydrogen) atoms. The smallest absolute Gasteiger partial charge is 0.245 e. The zero-order valence-corrected chi connectivity index (χ0v) is 17.1. The first-order chi connectivity index (χ1) is 13.3. The Hall–Kier alpha value is -2.70. The Balaban J connectivity index is 1.77. The first-order valence-corrected chi connectivity index (χ1v) is 9.87. The van der Waals surface area contributed by atoms with E-state index in [0.717, 1.165) is 11.6 Å². The summed E-state index contributed by atoms with van der Waals surface area (Å²) in [4.78, 5) is 26.4. The van der Waals surface area contributed by atoms with Gasteiger partial charge in [-0.15, -0.1) is 10.2 Å². The van der Waals surface area contributed by atoms with Gasteiger partial charge in [0.25, 0.3) is 0 Å². The van der Waals surface area contributed by atoms with Crippen LogP contribution in [0.25, 0.3) is 0 Å². The van der Waals surface area contributed by atoms with Crippen LogP contribution in [0.4, 0.5) is 0 Å². The number of fused-ring (bicyclic) bond motifs is 1. The molecule has 2 amide bonds. The van der Waals surface area contributed by atoms with Crippen molar-refractivity contribution in [2.75, 3.05) is 6.54 Å². The molecule has 3 rings (SSSR count). The molecule has 2 heterocycles. The molecule has 7 heteroatoms. The molecule has 1 aromatic heterocycles. The molecule has 0 aliphatic carbocycles. The molecule has 0 unspecified atom stereocenters. The predicted octanol–water partition coefficient (Wildman–Crippen LogP) is 2.32. The summed E-state index contributed by atoms with van der Waals surface area (Å²) < 4.78 is 2.15. The topological polar surface area (TPSA) is 80.1 Å². The second-order valence-electron chi connectivity index (χ2n) is 8.02. The van der Waals surface area contributed by atoms with Crippen LogP contribution in [-0.2, 0) is 22.6 Å². The molecule has 0 radical (unpaired) electrons. The first kappa shape index (κ1) is 20.0. The van der Waals surface area contributed by atoms with Crippen LogP contribution in [0.3, 0.4) is 0 Å². The second-order valence-corrected chi connectivity index (χ2v) is 8.02. The maximum Gasteiger partial charge on any atom is 0.245 e. The van der Waals surface area contributed by atoms with Gasteiger partial charge in [-0.05, 0) is 24.8 Å². The van der Waals surface area contributed by atoms with E-state index in [1.807, 2.05) is 32.0 Å². The second kappa shape index (κ2) is 8.54. The molecule has 1 aromatic carbocycles. The lowest BCUT2D eigenvalue weighted by atomic mass is 10.0. The van der Waals surface area contributed by atoms with Gasteiger partial charge in [0.1, 0.15) is 11.9 Å². The van der Waals surface area contributed by atoms with Crippen molar-refractivity contribution in [1.29, 1.82) is 0 Å². The van der Waals surface area contributed by atoms with Crippen molar-refractivity contribution in [3.8, 4) is 0 Å². The molecule has 0 spiro atoms. The highest BCUT2D eigenvalue weighted by Gasteiger charge is 2.33. The van der Waals surface area contributed by atoms with Crippen LogP contribution in [0.5, 0.6) is 0 Å².